The molecule has 2 heteroatoms. The summed E-state index contributed by atoms with van der Waals surface area (Å²) in [5.74, 6) is 0. The Morgan fingerprint density at radius 2 is 1.92 bits per heavy atom. The van der Waals surface area contributed by atoms with Crippen LogP contribution in [0.2, 0.25) is 0 Å². The van der Waals surface area contributed by atoms with Crippen LogP contribution in [0.25, 0.3) is 0 Å². The van der Waals surface area contributed by atoms with Crippen molar-refractivity contribution in [1.29, 1.82) is 0 Å². The van der Waals surface area contributed by atoms with Gasteiger partial charge in [0.1, 0.15) is 5.44 Å². The standard InChI is InChI=1S/C10H14OS/c1-3-9-4-6-10(7-5-9)12-8(2)11/h4-8,11H,3H2,1-2H3. The molecule has 1 rings (SSSR count). The molecule has 0 aliphatic heterocycles. The Bertz CT molecular complexity index is 228. The van der Waals surface area contributed by atoms with Crippen molar-refractivity contribution in [2.75, 3.05) is 0 Å². The first-order chi connectivity index (χ1) is 5.72. The number of rotatable bonds is 3. The number of hydrogen-bond acceptors (Lipinski definition) is 2. The van der Waals surface area contributed by atoms with Gasteiger partial charge in [0.05, 0.1) is 0 Å². The van der Waals surface area contributed by atoms with E-state index in [1.807, 2.05) is 0 Å². The Kier molecular flexibility index (Phi) is 3.63. The number of hydrogen-bond donors (Lipinski definition) is 1. The molecule has 0 saturated carbocycles. The summed E-state index contributed by atoms with van der Waals surface area (Å²) in [6, 6.07) is 8.31. The van der Waals surface area contributed by atoms with E-state index in [0.29, 0.717) is 0 Å². The summed E-state index contributed by atoms with van der Waals surface area (Å²) in [7, 11) is 0. The van der Waals surface area contributed by atoms with Gasteiger partial charge in [-0.1, -0.05) is 30.8 Å². The van der Waals surface area contributed by atoms with Crippen LogP contribution >= 0.6 is 11.8 Å². The molecule has 12 heavy (non-hydrogen) atoms. The first-order valence-corrected chi connectivity index (χ1v) is 5.04. The second kappa shape index (κ2) is 4.53. The van der Waals surface area contributed by atoms with Gasteiger partial charge in [-0.05, 0) is 31.0 Å². The summed E-state index contributed by atoms with van der Waals surface area (Å²) in [5.41, 5.74) is 1.02. The van der Waals surface area contributed by atoms with E-state index in [1.165, 1.54) is 17.3 Å². The number of thioether (sulfide) groups is 1. The van der Waals surface area contributed by atoms with E-state index in [1.54, 1.807) is 6.92 Å². The van der Waals surface area contributed by atoms with Crippen LogP contribution in [0.4, 0.5) is 0 Å². The molecule has 0 heterocycles. The van der Waals surface area contributed by atoms with Gasteiger partial charge in [-0.25, -0.2) is 0 Å². The summed E-state index contributed by atoms with van der Waals surface area (Å²) < 4.78 is 0. The van der Waals surface area contributed by atoms with E-state index in [4.69, 9.17) is 5.11 Å². The molecular formula is C10H14OS. The maximum absolute atomic E-state index is 9.10. The minimum Gasteiger partial charge on any atom is -0.382 e. The lowest BCUT2D eigenvalue weighted by Crippen LogP contribution is -1.90. The van der Waals surface area contributed by atoms with Crippen LogP contribution in [0.5, 0.6) is 0 Å². The summed E-state index contributed by atoms with van der Waals surface area (Å²) in [4.78, 5) is 1.13. The van der Waals surface area contributed by atoms with Crippen LogP contribution in [0.3, 0.4) is 0 Å². The Hall–Kier alpha value is -0.470. The number of aliphatic hydroxyl groups is 1. The van der Waals surface area contributed by atoms with E-state index in [2.05, 4.69) is 31.2 Å². The zero-order valence-corrected chi connectivity index (χ0v) is 8.27. The van der Waals surface area contributed by atoms with E-state index >= 15 is 0 Å². The lowest BCUT2D eigenvalue weighted by atomic mass is 10.2. The normalized spacial score (nSPS) is 12.9. The average Bonchev–Trinajstić information content (AvgIpc) is 2.05. The lowest BCUT2D eigenvalue weighted by Gasteiger charge is -2.04. The molecule has 1 nitrogen and oxygen atoms in total. The van der Waals surface area contributed by atoms with Crippen molar-refractivity contribution in [2.45, 2.75) is 30.6 Å². The molecule has 0 aliphatic rings. The molecule has 1 atom stereocenters. The van der Waals surface area contributed by atoms with Crippen LogP contribution in [0, 0.1) is 0 Å². The lowest BCUT2D eigenvalue weighted by molar-refractivity contribution is 0.284. The molecule has 0 amide bonds. The van der Waals surface area contributed by atoms with Gasteiger partial charge >= 0.3 is 0 Å². The van der Waals surface area contributed by atoms with E-state index < -0.39 is 0 Å². The van der Waals surface area contributed by atoms with Crippen molar-refractivity contribution >= 4 is 11.8 Å². The Morgan fingerprint density at radius 3 is 2.33 bits per heavy atom. The minimum absolute atomic E-state index is 0.322. The van der Waals surface area contributed by atoms with Crippen LogP contribution in [0.15, 0.2) is 29.2 Å². The van der Waals surface area contributed by atoms with Crippen molar-refractivity contribution in [3.8, 4) is 0 Å². The largest absolute Gasteiger partial charge is 0.382 e. The molecule has 1 unspecified atom stereocenters. The highest BCUT2D eigenvalue weighted by Gasteiger charge is 1.98. The fraction of sp³-hybridized carbons (Fsp3) is 0.400. The maximum Gasteiger partial charge on any atom is 0.101 e. The van der Waals surface area contributed by atoms with Crippen LogP contribution in [0.1, 0.15) is 19.4 Å². The molecule has 1 N–H and O–H groups in total. The first-order valence-electron chi connectivity index (χ1n) is 4.16. The highest BCUT2D eigenvalue weighted by atomic mass is 32.2. The predicted molar refractivity (Wildman–Crippen MR) is 53.4 cm³/mol. The summed E-state index contributed by atoms with van der Waals surface area (Å²) in [5, 5.41) is 9.10. The molecular weight excluding hydrogens is 168 g/mol. The van der Waals surface area contributed by atoms with Crippen molar-refractivity contribution in [1.82, 2.24) is 0 Å². The SMILES string of the molecule is CCc1ccc(SC(C)O)cc1. The van der Waals surface area contributed by atoms with Crippen molar-refractivity contribution < 1.29 is 5.11 Å². The zero-order chi connectivity index (χ0) is 8.97. The van der Waals surface area contributed by atoms with Gasteiger partial charge in [-0.15, -0.1) is 0 Å². The van der Waals surface area contributed by atoms with Gasteiger partial charge in [0.25, 0.3) is 0 Å². The molecule has 0 fully saturated rings. The van der Waals surface area contributed by atoms with E-state index in [9.17, 15) is 0 Å². The summed E-state index contributed by atoms with van der Waals surface area (Å²) in [6.07, 6.45) is 1.07. The van der Waals surface area contributed by atoms with Crippen LogP contribution in [-0.4, -0.2) is 10.5 Å². The first kappa shape index (κ1) is 9.62. The van der Waals surface area contributed by atoms with Crippen molar-refractivity contribution in [3.05, 3.63) is 29.8 Å². The second-order valence-corrected chi connectivity index (χ2v) is 4.10. The second-order valence-electron chi connectivity index (χ2n) is 2.71. The van der Waals surface area contributed by atoms with Gasteiger partial charge in [0.15, 0.2) is 0 Å². The Labute approximate surface area is 77.8 Å². The topological polar surface area (TPSA) is 20.2 Å². The van der Waals surface area contributed by atoms with Gasteiger partial charge in [-0.2, -0.15) is 0 Å². The average molecular weight is 182 g/mol. The smallest absolute Gasteiger partial charge is 0.101 e. The van der Waals surface area contributed by atoms with Gasteiger partial charge in [0.2, 0.25) is 0 Å². The van der Waals surface area contributed by atoms with Crippen molar-refractivity contribution in [3.63, 3.8) is 0 Å². The molecule has 0 radical (unpaired) electrons. The zero-order valence-electron chi connectivity index (χ0n) is 7.45. The van der Waals surface area contributed by atoms with Gasteiger partial charge in [-0.3, -0.25) is 0 Å². The fourth-order valence-corrected chi connectivity index (χ4v) is 1.69. The molecule has 0 aliphatic carbocycles. The number of benzene rings is 1. The predicted octanol–water partition coefficient (Wildman–Crippen LogP) is 2.68. The Balaban J connectivity index is 2.65. The van der Waals surface area contributed by atoms with E-state index in [-0.39, 0.29) is 5.44 Å². The number of aliphatic hydroxyl groups excluding tert-OH is 1. The van der Waals surface area contributed by atoms with Crippen LogP contribution in [-0.2, 0) is 6.42 Å². The molecule has 0 saturated heterocycles. The third kappa shape index (κ3) is 2.88. The Morgan fingerprint density at radius 1 is 1.33 bits per heavy atom. The van der Waals surface area contributed by atoms with Gasteiger partial charge in [0, 0.05) is 4.90 Å². The summed E-state index contributed by atoms with van der Waals surface area (Å²) >= 11 is 1.47. The molecule has 66 valence electrons. The fourth-order valence-electron chi connectivity index (χ4n) is 1.00. The number of aryl methyl sites for hydroxylation is 1. The highest BCUT2D eigenvalue weighted by molar-refractivity contribution is 7.99. The monoisotopic (exact) mass is 182 g/mol. The minimum atomic E-state index is -0.322. The van der Waals surface area contributed by atoms with Gasteiger partial charge < -0.3 is 5.11 Å². The quantitative estimate of drug-likeness (QED) is 0.573. The third-order valence-corrected chi connectivity index (χ3v) is 2.52. The molecule has 1 aromatic rings. The van der Waals surface area contributed by atoms with E-state index in [0.717, 1.165) is 11.3 Å². The molecule has 1 aromatic carbocycles. The highest BCUT2D eigenvalue weighted by Crippen LogP contribution is 2.21. The molecule has 0 bridgehead atoms. The third-order valence-electron chi connectivity index (χ3n) is 1.64. The molecule has 0 spiro atoms. The van der Waals surface area contributed by atoms with Crippen molar-refractivity contribution in [2.24, 2.45) is 0 Å². The summed E-state index contributed by atoms with van der Waals surface area (Å²) in [6.45, 7) is 3.91. The van der Waals surface area contributed by atoms with Crippen LogP contribution < -0.4 is 0 Å². The molecule has 0 aromatic heterocycles. The maximum atomic E-state index is 9.10.